The van der Waals surface area contributed by atoms with Crippen LogP contribution in [0.4, 0.5) is 13.2 Å². The molecule has 1 atom stereocenters. The lowest BCUT2D eigenvalue weighted by atomic mass is 10.2. The standard InChI is InChI=1S/C11H13F3O3S/c1-8-2-4-9(5-3-8)18(15,16)17-7-6-10(12)11(13)14/h2-5,10-11H,6-7H2,1H3. The number of benzene rings is 1. The lowest BCUT2D eigenvalue weighted by molar-refractivity contribution is 0.0383. The van der Waals surface area contributed by atoms with Crippen molar-refractivity contribution in [2.75, 3.05) is 6.61 Å². The molecule has 3 nitrogen and oxygen atoms in total. The molecular formula is C11H13F3O3S. The molecule has 0 spiro atoms. The second kappa shape index (κ2) is 6.19. The molecule has 0 heterocycles. The Morgan fingerprint density at radius 3 is 2.22 bits per heavy atom. The van der Waals surface area contributed by atoms with Crippen molar-refractivity contribution in [2.24, 2.45) is 0 Å². The number of hydrogen-bond donors (Lipinski definition) is 0. The van der Waals surface area contributed by atoms with Crippen LogP contribution in [0.3, 0.4) is 0 Å². The first kappa shape index (κ1) is 15.0. The Balaban J connectivity index is 2.58. The predicted molar refractivity (Wildman–Crippen MR) is 59.8 cm³/mol. The largest absolute Gasteiger partial charge is 0.296 e. The fraction of sp³-hybridized carbons (Fsp3) is 0.455. The number of rotatable bonds is 6. The smallest absolute Gasteiger partial charge is 0.266 e. The maximum Gasteiger partial charge on any atom is 0.296 e. The summed E-state index contributed by atoms with van der Waals surface area (Å²) in [5, 5.41) is 0. The molecular weight excluding hydrogens is 269 g/mol. The average Bonchev–Trinajstić information content (AvgIpc) is 2.29. The monoisotopic (exact) mass is 282 g/mol. The van der Waals surface area contributed by atoms with Gasteiger partial charge in [-0.05, 0) is 19.1 Å². The van der Waals surface area contributed by atoms with E-state index in [0.29, 0.717) is 0 Å². The van der Waals surface area contributed by atoms with Crippen LogP contribution < -0.4 is 0 Å². The van der Waals surface area contributed by atoms with E-state index in [-0.39, 0.29) is 4.90 Å². The average molecular weight is 282 g/mol. The van der Waals surface area contributed by atoms with Crippen LogP contribution in [0.25, 0.3) is 0 Å². The molecule has 0 bridgehead atoms. The Morgan fingerprint density at radius 2 is 1.72 bits per heavy atom. The molecule has 0 amide bonds. The van der Waals surface area contributed by atoms with E-state index < -0.39 is 35.7 Å². The second-order valence-corrected chi connectivity index (χ2v) is 5.34. The van der Waals surface area contributed by atoms with Crippen molar-refractivity contribution < 1.29 is 25.8 Å². The quantitative estimate of drug-likeness (QED) is 0.753. The van der Waals surface area contributed by atoms with E-state index in [1.165, 1.54) is 12.1 Å². The van der Waals surface area contributed by atoms with Gasteiger partial charge in [-0.2, -0.15) is 8.42 Å². The number of halogens is 3. The zero-order valence-electron chi connectivity index (χ0n) is 9.65. The zero-order valence-corrected chi connectivity index (χ0v) is 10.5. The van der Waals surface area contributed by atoms with Crippen LogP contribution in [0.15, 0.2) is 29.2 Å². The summed E-state index contributed by atoms with van der Waals surface area (Å²) in [4.78, 5) is -0.0828. The summed E-state index contributed by atoms with van der Waals surface area (Å²) in [6.45, 7) is 1.18. The molecule has 0 aliphatic heterocycles. The van der Waals surface area contributed by atoms with Crippen molar-refractivity contribution >= 4 is 10.1 Å². The molecule has 0 fully saturated rings. The lowest BCUT2D eigenvalue weighted by Crippen LogP contribution is -2.16. The molecule has 0 aliphatic carbocycles. The van der Waals surface area contributed by atoms with Gasteiger partial charge in [-0.15, -0.1) is 0 Å². The highest BCUT2D eigenvalue weighted by atomic mass is 32.2. The number of alkyl halides is 3. The van der Waals surface area contributed by atoms with E-state index in [1.54, 1.807) is 19.1 Å². The minimum atomic E-state index is -4.01. The van der Waals surface area contributed by atoms with Crippen molar-refractivity contribution in [3.8, 4) is 0 Å². The van der Waals surface area contributed by atoms with E-state index in [0.717, 1.165) is 5.56 Å². The van der Waals surface area contributed by atoms with Crippen LogP contribution in [0.1, 0.15) is 12.0 Å². The SMILES string of the molecule is Cc1ccc(S(=O)(=O)OCCC(F)C(F)F)cc1. The lowest BCUT2D eigenvalue weighted by Gasteiger charge is -2.08. The maximum atomic E-state index is 12.5. The minimum absolute atomic E-state index is 0.0828. The topological polar surface area (TPSA) is 43.4 Å². The van der Waals surface area contributed by atoms with Gasteiger partial charge in [0.2, 0.25) is 0 Å². The molecule has 0 saturated carbocycles. The second-order valence-electron chi connectivity index (χ2n) is 3.73. The zero-order chi connectivity index (χ0) is 13.8. The molecule has 1 rings (SSSR count). The fourth-order valence-corrected chi connectivity index (χ4v) is 2.09. The van der Waals surface area contributed by atoms with Crippen LogP contribution in [0.2, 0.25) is 0 Å². The van der Waals surface area contributed by atoms with E-state index in [4.69, 9.17) is 0 Å². The van der Waals surface area contributed by atoms with Gasteiger partial charge in [0.1, 0.15) is 0 Å². The van der Waals surface area contributed by atoms with Gasteiger partial charge in [0.25, 0.3) is 16.5 Å². The molecule has 102 valence electrons. The predicted octanol–water partition coefficient (Wildman–Crippen LogP) is 2.69. The Hall–Kier alpha value is -1.08. The van der Waals surface area contributed by atoms with E-state index in [1.807, 2.05) is 0 Å². The summed E-state index contributed by atoms with van der Waals surface area (Å²) in [5.74, 6) is 0. The molecule has 0 N–H and O–H groups in total. The molecule has 18 heavy (non-hydrogen) atoms. The van der Waals surface area contributed by atoms with Crippen molar-refractivity contribution in [1.82, 2.24) is 0 Å². The van der Waals surface area contributed by atoms with Crippen LogP contribution >= 0.6 is 0 Å². The molecule has 1 aromatic rings. The first-order valence-corrected chi connectivity index (χ1v) is 6.62. The first-order chi connectivity index (χ1) is 8.33. The van der Waals surface area contributed by atoms with Crippen molar-refractivity contribution in [1.29, 1.82) is 0 Å². The summed E-state index contributed by atoms with van der Waals surface area (Å²) in [6, 6.07) is 5.83. The summed E-state index contributed by atoms with van der Waals surface area (Å²) in [6.07, 6.45) is -6.17. The molecule has 7 heteroatoms. The van der Waals surface area contributed by atoms with E-state index in [2.05, 4.69) is 4.18 Å². The third-order valence-electron chi connectivity index (χ3n) is 2.22. The summed E-state index contributed by atoms with van der Waals surface area (Å²) in [7, 11) is -4.01. The van der Waals surface area contributed by atoms with Gasteiger partial charge < -0.3 is 0 Å². The van der Waals surface area contributed by atoms with Gasteiger partial charge in [0.15, 0.2) is 6.17 Å². The Labute approximate surface area is 104 Å². The number of aryl methyl sites for hydroxylation is 1. The van der Waals surface area contributed by atoms with E-state index in [9.17, 15) is 21.6 Å². The van der Waals surface area contributed by atoms with Crippen LogP contribution in [0.5, 0.6) is 0 Å². The summed E-state index contributed by atoms with van der Waals surface area (Å²) >= 11 is 0. The molecule has 0 saturated heterocycles. The van der Waals surface area contributed by atoms with Gasteiger partial charge in [-0.25, -0.2) is 13.2 Å². The van der Waals surface area contributed by atoms with Gasteiger partial charge in [0, 0.05) is 6.42 Å². The highest BCUT2D eigenvalue weighted by molar-refractivity contribution is 7.86. The molecule has 0 aliphatic rings. The van der Waals surface area contributed by atoms with Crippen molar-refractivity contribution in [3.05, 3.63) is 29.8 Å². The Kier molecular flexibility index (Phi) is 5.15. The van der Waals surface area contributed by atoms with Crippen LogP contribution in [0, 0.1) is 6.92 Å². The van der Waals surface area contributed by atoms with Crippen molar-refractivity contribution in [3.63, 3.8) is 0 Å². The van der Waals surface area contributed by atoms with Gasteiger partial charge in [-0.1, -0.05) is 17.7 Å². The van der Waals surface area contributed by atoms with Crippen LogP contribution in [-0.4, -0.2) is 27.6 Å². The Morgan fingerprint density at radius 1 is 1.17 bits per heavy atom. The maximum absolute atomic E-state index is 12.5. The minimum Gasteiger partial charge on any atom is -0.266 e. The highest BCUT2D eigenvalue weighted by Crippen LogP contribution is 2.15. The normalized spacial score (nSPS) is 13.8. The van der Waals surface area contributed by atoms with Gasteiger partial charge in [0.05, 0.1) is 11.5 Å². The summed E-state index contributed by atoms with van der Waals surface area (Å²) in [5.41, 5.74) is 0.871. The van der Waals surface area contributed by atoms with Crippen molar-refractivity contribution in [2.45, 2.75) is 30.8 Å². The third-order valence-corrected chi connectivity index (χ3v) is 3.54. The summed E-state index contributed by atoms with van der Waals surface area (Å²) < 4.78 is 63.8. The highest BCUT2D eigenvalue weighted by Gasteiger charge is 2.21. The number of hydrogen-bond acceptors (Lipinski definition) is 3. The van der Waals surface area contributed by atoms with Crippen LogP contribution in [-0.2, 0) is 14.3 Å². The first-order valence-electron chi connectivity index (χ1n) is 5.21. The molecule has 0 aromatic heterocycles. The van der Waals surface area contributed by atoms with Gasteiger partial charge in [-0.3, -0.25) is 4.18 Å². The molecule has 1 aromatic carbocycles. The van der Waals surface area contributed by atoms with E-state index >= 15 is 0 Å². The Bertz CT molecular complexity index is 471. The third kappa shape index (κ3) is 4.30. The molecule has 0 radical (unpaired) electrons. The van der Waals surface area contributed by atoms with Gasteiger partial charge >= 0.3 is 0 Å². The fourth-order valence-electron chi connectivity index (χ4n) is 1.17. The molecule has 1 unspecified atom stereocenters.